The van der Waals surface area contributed by atoms with Crippen molar-refractivity contribution in [1.82, 2.24) is 10.2 Å². The van der Waals surface area contributed by atoms with Crippen LogP contribution in [-0.4, -0.2) is 49.2 Å². The van der Waals surface area contributed by atoms with Gasteiger partial charge in [-0.25, -0.2) is 0 Å². The van der Waals surface area contributed by atoms with Gasteiger partial charge >= 0.3 is 6.18 Å². The van der Waals surface area contributed by atoms with E-state index in [1.54, 1.807) is 0 Å². The highest BCUT2D eigenvalue weighted by atomic mass is 19.4. The number of hydrogen-bond acceptors (Lipinski definition) is 3. The normalized spacial score (nSPS) is 19.5. The van der Waals surface area contributed by atoms with Crippen molar-refractivity contribution in [2.24, 2.45) is 11.7 Å². The molecule has 4 nitrogen and oxygen atoms in total. The number of halogens is 3. The Hall–Kier alpha value is -0.820. The van der Waals surface area contributed by atoms with E-state index in [1.807, 2.05) is 6.92 Å². The Labute approximate surface area is 111 Å². The van der Waals surface area contributed by atoms with Gasteiger partial charge in [0.25, 0.3) is 0 Å². The van der Waals surface area contributed by atoms with Crippen LogP contribution in [0.3, 0.4) is 0 Å². The van der Waals surface area contributed by atoms with E-state index in [9.17, 15) is 18.0 Å². The maximum atomic E-state index is 12.4. The lowest BCUT2D eigenvalue weighted by molar-refractivity contribution is -0.148. The zero-order valence-electron chi connectivity index (χ0n) is 11.4. The number of amides is 1. The first-order valence-corrected chi connectivity index (χ1v) is 6.51. The molecule has 1 fully saturated rings. The van der Waals surface area contributed by atoms with Crippen molar-refractivity contribution in [3.63, 3.8) is 0 Å². The molecular formula is C12H22F3N3O. The standard InChI is InChI=1S/C12H22F3N3O/c1-3-6-17-11(10(16)19,9-4-5-9)7-18(2)8-12(13,14)15/h9,17H,3-8H2,1-2H3,(H2,16,19). The van der Waals surface area contributed by atoms with E-state index in [2.05, 4.69) is 5.32 Å². The molecule has 0 heterocycles. The Morgan fingerprint density at radius 2 is 1.95 bits per heavy atom. The molecule has 0 bridgehead atoms. The molecule has 1 amide bonds. The minimum Gasteiger partial charge on any atom is -0.368 e. The maximum Gasteiger partial charge on any atom is 0.401 e. The minimum atomic E-state index is -4.27. The van der Waals surface area contributed by atoms with Crippen LogP contribution in [0, 0.1) is 5.92 Å². The molecular weight excluding hydrogens is 259 g/mol. The third kappa shape index (κ3) is 4.65. The zero-order valence-corrected chi connectivity index (χ0v) is 11.4. The minimum absolute atomic E-state index is 0.00743. The summed E-state index contributed by atoms with van der Waals surface area (Å²) in [5.41, 5.74) is 4.42. The molecule has 0 saturated heterocycles. The molecule has 1 aliphatic carbocycles. The summed E-state index contributed by atoms with van der Waals surface area (Å²) in [6.45, 7) is 1.46. The Balaban J connectivity index is 2.75. The molecule has 0 aliphatic heterocycles. The molecule has 1 saturated carbocycles. The lowest BCUT2D eigenvalue weighted by Gasteiger charge is -2.36. The molecule has 19 heavy (non-hydrogen) atoms. The number of alkyl halides is 3. The average Bonchev–Trinajstić information content (AvgIpc) is 3.04. The van der Waals surface area contributed by atoms with Crippen LogP contribution in [0.4, 0.5) is 13.2 Å². The Bertz CT molecular complexity index is 318. The van der Waals surface area contributed by atoms with E-state index in [0.717, 1.165) is 24.2 Å². The molecule has 3 N–H and O–H groups in total. The summed E-state index contributed by atoms with van der Waals surface area (Å²) < 4.78 is 37.1. The summed E-state index contributed by atoms with van der Waals surface area (Å²) in [6.07, 6.45) is -1.81. The number of nitrogens with one attached hydrogen (secondary N) is 1. The third-order valence-electron chi connectivity index (χ3n) is 3.37. The van der Waals surface area contributed by atoms with Crippen LogP contribution in [-0.2, 0) is 4.79 Å². The molecule has 112 valence electrons. The summed E-state index contributed by atoms with van der Waals surface area (Å²) in [7, 11) is 1.36. The van der Waals surface area contributed by atoms with Crippen LogP contribution in [0.15, 0.2) is 0 Å². The summed E-state index contributed by atoms with van der Waals surface area (Å²) in [5.74, 6) is -0.510. The summed E-state index contributed by atoms with van der Waals surface area (Å²) in [6, 6.07) is 0. The van der Waals surface area contributed by atoms with Crippen LogP contribution < -0.4 is 11.1 Å². The first-order valence-electron chi connectivity index (χ1n) is 6.51. The monoisotopic (exact) mass is 281 g/mol. The van der Waals surface area contributed by atoms with E-state index in [0.29, 0.717) is 6.54 Å². The van der Waals surface area contributed by atoms with Gasteiger partial charge in [0.05, 0.1) is 6.54 Å². The second-order valence-corrected chi connectivity index (χ2v) is 5.32. The quantitative estimate of drug-likeness (QED) is 0.701. The Morgan fingerprint density at radius 3 is 2.32 bits per heavy atom. The fourth-order valence-electron chi connectivity index (χ4n) is 2.41. The molecule has 0 aromatic rings. The van der Waals surface area contributed by atoms with Crippen LogP contribution in [0.1, 0.15) is 26.2 Å². The van der Waals surface area contributed by atoms with Gasteiger partial charge in [-0.3, -0.25) is 9.69 Å². The highest BCUT2D eigenvalue weighted by molar-refractivity contribution is 5.86. The van der Waals surface area contributed by atoms with Gasteiger partial charge in [-0.2, -0.15) is 13.2 Å². The molecule has 0 radical (unpaired) electrons. The highest BCUT2D eigenvalue weighted by Crippen LogP contribution is 2.40. The predicted molar refractivity (Wildman–Crippen MR) is 66.5 cm³/mol. The van der Waals surface area contributed by atoms with Crippen LogP contribution in [0.2, 0.25) is 0 Å². The number of likely N-dealkylation sites (N-methyl/N-ethyl adjacent to an activating group) is 1. The second-order valence-electron chi connectivity index (χ2n) is 5.32. The Morgan fingerprint density at radius 1 is 1.37 bits per heavy atom. The molecule has 1 unspecified atom stereocenters. The third-order valence-corrected chi connectivity index (χ3v) is 3.37. The highest BCUT2D eigenvalue weighted by Gasteiger charge is 2.50. The van der Waals surface area contributed by atoms with Gasteiger partial charge in [-0.15, -0.1) is 0 Å². The SMILES string of the molecule is CCCNC(CN(C)CC(F)(F)F)(C(N)=O)C1CC1. The summed E-state index contributed by atoms with van der Waals surface area (Å²) in [5, 5.41) is 3.08. The lowest BCUT2D eigenvalue weighted by Crippen LogP contribution is -2.63. The number of hydrogen-bond donors (Lipinski definition) is 2. The zero-order chi connectivity index (χ0) is 14.7. The van der Waals surface area contributed by atoms with Crippen molar-refractivity contribution in [3.05, 3.63) is 0 Å². The van der Waals surface area contributed by atoms with E-state index in [4.69, 9.17) is 5.73 Å². The molecule has 0 aromatic heterocycles. The number of primary amides is 1. The molecule has 1 rings (SSSR count). The number of rotatable bonds is 8. The van der Waals surface area contributed by atoms with Gasteiger partial charge < -0.3 is 11.1 Å². The lowest BCUT2D eigenvalue weighted by atomic mass is 9.91. The number of nitrogens with zero attached hydrogens (tertiary/aromatic N) is 1. The summed E-state index contributed by atoms with van der Waals surface area (Å²) >= 11 is 0. The van der Waals surface area contributed by atoms with E-state index in [1.165, 1.54) is 7.05 Å². The largest absolute Gasteiger partial charge is 0.401 e. The van der Waals surface area contributed by atoms with Gasteiger partial charge in [0, 0.05) is 6.54 Å². The van der Waals surface area contributed by atoms with Gasteiger partial charge in [0.15, 0.2) is 0 Å². The van der Waals surface area contributed by atoms with Gasteiger partial charge in [-0.05, 0) is 38.8 Å². The fraction of sp³-hybridized carbons (Fsp3) is 0.917. The smallest absolute Gasteiger partial charge is 0.368 e. The summed E-state index contributed by atoms with van der Waals surface area (Å²) in [4.78, 5) is 12.9. The van der Waals surface area contributed by atoms with E-state index >= 15 is 0 Å². The Kier molecular flexibility index (Phi) is 5.20. The van der Waals surface area contributed by atoms with Gasteiger partial charge in [0.1, 0.15) is 5.54 Å². The molecule has 0 aromatic carbocycles. The second kappa shape index (κ2) is 6.09. The van der Waals surface area contributed by atoms with Crippen LogP contribution >= 0.6 is 0 Å². The van der Waals surface area contributed by atoms with Crippen molar-refractivity contribution < 1.29 is 18.0 Å². The first-order chi connectivity index (χ1) is 8.71. The average molecular weight is 281 g/mol. The predicted octanol–water partition coefficient (Wildman–Crippen LogP) is 1.11. The fourth-order valence-corrected chi connectivity index (χ4v) is 2.41. The van der Waals surface area contributed by atoms with Crippen molar-refractivity contribution in [3.8, 4) is 0 Å². The molecule has 1 aliphatic rings. The van der Waals surface area contributed by atoms with Crippen LogP contribution in [0.5, 0.6) is 0 Å². The van der Waals surface area contributed by atoms with E-state index < -0.39 is 24.2 Å². The van der Waals surface area contributed by atoms with Crippen molar-refractivity contribution in [2.75, 3.05) is 26.7 Å². The number of carbonyl (C=O) groups excluding carboxylic acids is 1. The van der Waals surface area contributed by atoms with Crippen molar-refractivity contribution >= 4 is 5.91 Å². The molecule has 1 atom stereocenters. The number of nitrogens with two attached hydrogens (primary N) is 1. The van der Waals surface area contributed by atoms with Crippen molar-refractivity contribution in [2.45, 2.75) is 37.9 Å². The maximum absolute atomic E-state index is 12.4. The van der Waals surface area contributed by atoms with Crippen LogP contribution in [0.25, 0.3) is 0 Å². The van der Waals surface area contributed by atoms with Gasteiger partial charge in [0.2, 0.25) is 5.91 Å². The van der Waals surface area contributed by atoms with E-state index in [-0.39, 0.29) is 12.5 Å². The molecule has 7 heteroatoms. The van der Waals surface area contributed by atoms with Crippen molar-refractivity contribution in [1.29, 1.82) is 0 Å². The van der Waals surface area contributed by atoms with Gasteiger partial charge in [-0.1, -0.05) is 6.92 Å². The number of carbonyl (C=O) groups is 1. The first kappa shape index (κ1) is 16.2. The topological polar surface area (TPSA) is 58.4 Å². The molecule has 0 spiro atoms.